The second-order valence-electron chi connectivity index (χ2n) is 7.99. The molecule has 0 N–H and O–H groups in total. The summed E-state index contributed by atoms with van der Waals surface area (Å²) in [4.78, 5) is 31.7. The summed E-state index contributed by atoms with van der Waals surface area (Å²) in [6.45, 7) is 9.30. The number of Topliss-reactive ketones (excluding diaryl/α,β-unsaturated/α-hetero) is 1. The number of hydrogen-bond acceptors (Lipinski definition) is 6. The van der Waals surface area contributed by atoms with E-state index in [1.165, 1.54) is 17.8 Å². The first-order chi connectivity index (χ1) is 13.8. The molecule has 1 fully saturated rings. The molecule has 1 aromatic heterocycles. The minimum Gasteiger partial charge on any atom is -0.354 e. The molecule has 3 rings (SSSR count). The van der Waals surface area contributed by atoms with Gasteiger partial charge in [0.05, 0.1) is 11.0 Å². The molecule has 7 heteroatoms. The molecule has 0 aliphatic carbocycles. The molecule has 1 aliphatic heterocycles. The highest BCUT2D eigenvalue weighted by molar-refractivity contribution is 5.99. The van der Waals surface area contributed by atoms with Crippen molar-refractivity contribution in [1.82, 2.24) is 9.88 Å². The van der Waals surface area contributed by atoms with Crippen LogP contribution in [0.4, 0.5) is 11.5 Å². The van der Waals surface area contributed by atoms with Crippen molar-refractivity contribution < 1.29 is 9.72 Å². The Balaban J connectivity index is 1.57. The fourth-order valence-electron chi connectivity index (χ4n) is 3.70. The van der Waals surface area contributed by atoms with Crippen LogP contribution in [-0.4, -0.2) is 52.8 Å². The van der Waals surface area contributed by atoms with Gasteiger partial charge in [-0.15, -0.1) is 0 Å². The van der Waals surface area contributed by atoms with E-state index < -0.39 is 4.92 Å². The highest BCUT2D eigenvalue weighted by Crippen LogP contribution is 2.19. The minimum atomic E-state index is -0.447. The van der Waals surface area contributed by atoms with E-state index >= 15 is 0 Å². The lowest BCUT2D eigenvalue weighted by Crippen LogP contribution is -2.52. The Labute approximate surface area is 171 Å². The maximum absolute atomic E-state index is 12.9. The third-order valence-corrected chi connectivity index (χ3v) is 5.39. The zero-order valence-electron chi connectivity index (χ0n) is 17.2. The molecule has 154 valence electrons. The molecule has 0 radical (unpaired) electrons. The van der Waals surface area contributed by atoms with Crippen LogP contribution in [0, 0.1) is 16.0 Å². The van der Waals surface area contributed by atoms with Crippen LogP contribution in [0.2, 0.25) is 0 Å². The average Bonchev–Trinajstić information content (AvgIpc) is 2.73. The Morgan fingerprint density at radius 1 is 1.07 bits per heavy atom. The molecule has 7 nitrogen and oxygen atoms in total. The topological polar surface area (TPSA) is 79.6 Å². The number of pyridine rings is 1. The number of ketones is 1. The summed E-state index contributed by atoms with van der Waals surface area (Å²) >= 11 is 0. The van der Waals surface area contributed by atoms with Crippen molar-refractivity contribution in [2.45, 2.75) is 33.2 Å². The summed E-state index contributed by atoms with van der Waals surface area (Å²) in [5.41, 5.74) is 2.00. The van der Waals surface area contributed by atoms with Gasteiger partial charge in [0.2, 0.25) is 0 Å². The predicted molar refractivity (Wildman–Crippen MR) is 113 cm³/mol. The van der Waals surface area contributed by atoms with Crippen molar-refractivity contribution >= 4 is 17.3 Å². The molecule has 0 unspecified atom stereocenters. The summed E-state index contributed by atoms with van der Waals surface area (Å²) in [7, 11) is 0. The number of nitro groups is 1. The fraction of sp³-hybridized carbons (Fsp3) is 0.455. The van der Waals surface area contributed by atoms with Crippen molar-refractivity contribution in [3.63, 3.8) is 0 Å². The van der Waals surface area contributed by atoms with Gasteiger partial charge in [-0.1, -0.05) is 38.1 Å². The molecule has 2 aromatic rings. The normalized spacial score (nSPS) is 16.1. The van der Waals surface area contributed by atoms with E-state index in [0.29, 0.717) is 5.92 Å². The largest absolute Gasteiger partial charge is 0.354 e. The van der Waals surface area contributed by atoms with Gasteiger partial charge in [0, 0.05) is 37.8 Å². The molecular weight excluding hydrogens is 368 g/mol. The molecular formula is C22H28N4O3. The number of rotatable bonds is 7. The van der Waals surface area contributed by atoms with Crippen LogP contribution in [0.3, 0.4) is 0 Å². The predicted octanol–water partition coefficient (Wildman–Crippen LogP) is 3.58. The number of aromatic nitrogens is 1. The second kappa shape index (κ2) is 9.13. The van der Waals surface area contributed by atoms with Gasteiger partial charge in [0.1, 0.15) is 12.0 Å². The summed E-state index contributed by atoms with van der Waals surface area (Å²) in [6, 6.07) is 11.0. The van der Waals surface area contributed by atoms with Crippen LogP contribution in [0.5, 0.6) is 0 Å². The average molecular weight is 396 g/mol. The summed E-state index contributed by atoms with van der Waals surface area (Å²) in [5.74, 6) is 1.47. The van der Waals surface area contributed by atoms with Gasteiger partial charge in [-0.3, -0.25) is 19.8 Å². The quantitative estimate of drug-likeness (QED) is 0.404. The van der Waals surface area contributed by atoms with E-state index in [0.717, 1.165) is 44.0 Å². The summed E-state index contributed by atoms with van der Waals surface area (Å²) in [5, 5.41) is 10.8. The number of anilines is 1. The Morgan fingerprint density at radius 2 is 1.72 bits per heavy atom. The van der Waals surface area contributed by atoms with Gasteiger partial charge in [-0.2, -0.15) is 0 Å². The number of piperazine rings is 1. The Hall–Kier alpha value is -2.80. The maximum atomic E-state index is 12.9. The zero-order chi connectivity index (χ0) is 21.0. The van der Waals surface area contributed by atoms with Crippen LogP contribution in [0.15, 0.2) is 42.6 Å². The van der Waals surface area contributed by atoms with Gasteiger partial charge in [-0.25, -0.2) is 4.98 Å². The molecule has 0 spiro atoms. The lowest BCUT2D eigenvalue weighted by molar-refractivity contribution is -0.385. The number of carbonyl (C=O) groups excluding carboxylic acids is 1. The molecule has 29 heavy (non-hydrogen) atoms. The maximum Gasteiger partial charge on any atom is 0.287 e. The van der Waals surface area contributed by atoms with Crippen molar-refractivity contribution in [1.29, 1.82) is 0 Å². The van der Waals surface area contributed by atoms with Crippen LogP contribution < -0.4 is 4.90 Å². The number of nitrogens with zero attached hydrogens (tertiary/aromatic N) is 4. The van der Waals surface area contributed by atoms with Gasteiger partial charge in [0.15, 0.2) is 5.78 Å². The molecule has 1 saturated heterocycles. The first-order valence-corrected chi connectivity index (χ1v) is 10.1. The third kappa shape index (κ3) is 5.17. The first kappa shape index (κ1) is 20.9. The van der Waals surface area contributed by atoms with Crippen molar-refractivity contribution in [2.24, 2.45) is 5.92 Å². The van der Waals surface area contributed by atoms with Crippen molar-refractivity contribution in [3.05, 3.63) is 63.8 Å². The molecule has 1 aliphatic rings. The van der Waals surface area contributed by atoms with Crippen molar-refractivity contribution in [3.8, 4) is 0 Å². The Kier molecular flexibility index (Phi) is 6.59. The lowest BCUT2D eigenvalue weighted by Gasteiger charge is -2.38. The van der Waals surface area contributed by atoms with Crippen molar-refractivity contribution in [2.75, 3.05) is 31.1 Å². The van der Waals surface area contributed by atoms with Crippen LogP contribution in [0.1, 0.15) is 36.7 Å². The van der Waals surface area contributed by atoms with E-state index in [2.05, 4.69) is 40.8 Å². The number of hydrogen-bond donors (Lipinski definition) is 0. The monoisotopic (exact) mass is 396 g/mol. The lowest BCUT2D eigenvalue weighted by atomic mass is 9.98. The van der Waals surface area contributed by atoms with Gasteiger partial charge in [0.25, 0.3) is 5.69 Å². The van der Waals surface area contributed by atoms with E-state index in [4.69, 9.17) is 0 Å². The van der Waals surface area contributed by atoms with Crippen LogP contribution >= 0.6 is 0 Å². The van der Waals surface area contributed by atoms with Crippen LogP contribution in [-0.2, 0) is 6.42 Å². The zero-order valence-corrected chi connectivity index (χ0v) is 17.2. The fourth-order valence-corrected chi connectivity index (χ4v) is 3.70. The number of carbonyl (C=O) groups is 1. The molecule has 2 heterocycles. The van der Waals surface area contributed by atoms with E-state index in [1.54, 1.807) is 6.07 Å². The highest BCUT2D eigenvalue weighted by atomic mass is 16.6. The van der Waals surface area contributed by atoms with Gasteiger partial charge >= 0.3 is 0 Å². The smallest absolute Gasteiger partial charge is 0.287 e. The molecule has 0 amide bonds. The molecule has 1 atom stereocenters. The van der Waals surface area contributed by atoms with E-state index in [-0.39, 0.29) is 17.5 Å². The third-order valence-electron chi connectivity index (χ3n) is 5.39. The first-order valence-electron chi connectivity index (χ1n) is 10.1. The standard InChI is InChI=1S/C22H28N4O3/c1-16(2)14-18-4-6-19(7-5-18)22(27)17(3)24-10-12-25(13-11-24)21-9-8-20(15-23-21)26(28)29/h4-9,15-17H,10-14H2,1-3H3/t17-/m0/s1. The minimum absolute atomic E-state index is 0.00832. The molecule has 1 aromatic carbocycles. The highest BCUT2D eigenvalue weighted by Gasteiger charge is 2.27. The molecule has 0 bridgehead atoms. The van der Waals surface area contributed by atoms with E-state index in [9.17, 15) is 14.9 Å². The second-order valence-corrected chi connectivity index (χ2v) is 7.99. The van der Waals surface area contributed by atoms with Crippen LogP contribution in [0.25, 0.3) is 0 Å². The summed E-state index contributed by atoms with van der Waals surface area (Å²) in [6.07, 6.45) is 2.31. The van der Waals surface area contributed by atoms with Gasteiger partial charge < -0.3 is 4.90 Å². The number of benzene rings is 1. The molecule has 0 saturated carbocycles. The SMILES string of the molecule is CC(C)Cc1ccc(C(=O)[C@H](C)N2CCN(c3ccc([N+](=O)[O-])cn3)CC2)cc1. The Morgan fingerprint density at radius 3 is 2.24 bits per heavy atom. The van der Waals surface area contributed by atoms with E-state index in [1.807, 2.05) is 19.1 Å². The van der Waals surface area contributed by atoms with Gasteiger partial charge in [-0.05, 0) is 30.9 Å². The summed E-state index contributed by atoms with van der Waals surface area (Å²) < 4.78 is 0. The Bertz CT molecular complexity index is 841.